The molecule has 1 aromatic heterocycles. The minimum Gasteiger partial charge on any atom is -0.420 e. The molecule has 1 amide bonds. The lowest BCUT2D eigenvalue weighted by Crippen LogP contribution is -2.29. The van der Waals surface area contributed by atoms with E-state index in [2.05, 4.69) is 26.4 Å². The molecular weight excluding hydrogens is 481 g/mol. The molecule has 13 heteroatoms. The lowest BCUT2D eigenvalue weighted by atomic mass is 10.2. The third-order valence-electron chi connectivity index (χ3n) is 3.95. The number of anilines is 1. The predicted molar refractivity (Wildman–Crippen MR) is 122 cm³/mol. The Bertz CT molecular complexity index is 1360. The van der Waals surface area contributed by atoms with E-state index in [0.717, 1.165) is 6.08 Å². The topological polar surface area (TPSA) is 144 Å². The van der Waals surface area contributed by atoms with E-state index in [0.29, 0.717) is 22.2 Å². The Morgan fingerprint density at radius 3 is 2.62 bits per heavy atom. The average molecular weight is 498 g/mol. The van der Waals surface area contributed by atoms with Gasteiger partial charge in [0.25, 0.3) is 21.6 Å². The number of hydrogen-bond donors (Lipinski definition) is 3. The van der Waals surface area contributed by atoms with E-state index in [1.165, 1.54) is 18.2 Å². The fourth-order valence-corrected chi connectivity index (χ4v) is 4.62. The number of hydrogen-bond acceptors (Lipinski definition) is 8. The van der Waals surface area contributed by atoms with Crippen molar-refractivity contribution in [1.29, 1.82) is 0 Å². The number of nitrogens with one attached hydrogen (secondary N) is 3. The monoisotopic (exact) mass is 497 g/mol. The van der Waals surface area contributed by atoms with Crippen molar-refractivity contribution in [2.24, 2.45) is 0 Å². The Morgan fingerprint density at radius 1 is 1.22 bits per heavy atom. The maximum Gasteiger partial charge on any atom is 0.382 e. The standard InChI is InChI=1S/C19H17ClN3O7PS/c1-2-8-32(27,28)30-31(26)29-17-10-13-9-16(14(20)11-15(13)21-19(17)25)22-23-18(24)12-6-4-3-5-7-12/h2-7,9-11,22,31H,1,8H2,(H,21,25)(H,23,24). The van der Waals surface area contributed by atoms with Gasteiger partial charge in [-0.25, -0.2) is 4.57 Å². The molecule has 0 spiro atoms. The van der Waals surface area contributed by atoms with Gasteiger partial charge in [-0.15, -0.1) is 6.58 Å². The zero-order chi connectivity index (χ0) is 23.3. The van der Waals surface area contributed by atoms with Crippen LogP contribution in [-0.2, 0) is 18.7 Å². The van der Waals surface area contributed by atoms with Gasteiger partial charge in [-0.1, -0.05) is 35.9 Å². The highest BCUT2D eigenvalue weighted by atomic mass is 35.5. The summed E-state index contributed by atoms with van der Waals surface area (Å²) in [5.41, 5.74) is 5.48. The van der Waals surface area contributed by atoms with Crippen LogP contribution in [0.2, 0.25) is 5.02 Å². The number of H-pyrrole nitrogens is 1. The second-order valence-corrected chi connectivity index (χ2v) is 9.50. The summed E-state index contributed by atoms with van der Waals surface area (Å²) < 4.78 is 44.3. The molecule has 1 atom stereocenters. The van der Waals surface area contributed by atoms with Crippen molar-refractivity contribution in [1.82, 2.24) is 10.4 Å². The van der Waals surface area contributed by atoms with Crippen LogP contribution in [0.4, 0.5) is 5.69 Å². The van der Waals surface area contributed by atoms with Gasteiger partial charge < -0.3 is 9.51 Å². The van der Waals surface area contributed by atoms with Crippen molar-refractivity contribution in [3.05, 3.63) is 82.1 Å². The Morgan fingerprint density at radius 2 is 1.94 bits per heavy atom. The van der Waals surface area contributed by atoms with Gasteiger partial charge >= 0.3 is 8.25 Å². The summed E-state index contributed by atoms with van der Waals surface area (Å²) in [5.74, 6) is -1.39. The molecule has 3 rings (SSSR count). The number of aromatic nitrogens is 1. The van der Waals surface area contributed by atoms with Gasteiger partial charge in [0, 0.05) is 10.9 Å². The summed E-state index contributed by atoms with van der Waals surface area (Å²) in [4.78, 5) is 26.9. The third kappa shape index (κ3) is 5.98. The van der Waals surface area contributed by atoms with E-state index in [1.54, 1.807) is 30.3 Å². The summed E-state index contributed by atoms with van der Waals surface area (Å²) in [7, 11) is -7.73. The van der Waals surface area contributed by atoms with Crippen molar-refractivity contribution >= 4 is 52.5 Å². The number of aromatic amines is 1. The molecule has 0 saturated heterocycles. The number of benzene rings is 2. The predicted octanol–water partition coefficient (Wildman–Crippen LogP) is 3.24. The smallest absolute Gasteiger partial charge is 0.382 e. The van der Waals surface area contributed by atoms with E-state index in [1.807, 2.05) is 0 Å². The van der Waals surface area contributed by atoms with Crippen LogP contribution in [0.15, 0.2) is 66.0 Å². The molecule has 0 bridgehead atoms. The second-order valence-electron chi connectivity index (χ2n) is 6.28. The Hall–Kier alpha value is -3.11. The van der Waals surface area contributed by atoms with Gasteiger partial charge in [0.1, 0.15) is 0 Å². The zero-order valence-corrected chi connectivity index (χ0v) is 18.8. The number of amides is 1. The van der Waals surface area contributed by atoms with Crippen LogP contribution in [0.5, 0.6) is 5.75 Å². The summed E-state index contributed by atoms with van der Waals surface area (Å²) in [6, 6.07) is 12.6. The van der Waals surface area contributed by atoms with Crippen LogP contribution >= 0.6 is 19.9 Å². The molecule has 10 nitrogen and oxygen atoms in total. The number of pyridine rings is 1. The second kappa shape index (κ2) is 10.0. The van der Waals surface area contributed by atoms with E-state index < -0.39 is 41.3 Å². The first-order chi connectivity index (χ1) is 15.2. The van der Waals surface area contributed by atoms with E-state index in [9.17, 15) is 22.6 Å². The molecule has 3 N–H and O–H groups in total. The Labute approximate surface area is 188 Å². The molecule has 0 aliphatic rings. The molecule has 3 aromatic rings. The zero-order valence-electron chi connectivity index (χ0n) is 16.3. The van der Waals surface area contributed by atoms with E-state index in [4.69, 9.17) is 16.1 Å². The first-order valence-corrected chi connectivity index (χ1v) is 12.1. The quantitative estimate of drug-likeness (QED) is 0.232. The minimum absolute atomic E-state index is 0.197. The van der Waals surface area contributed by atoms with Crippen LogP contribution in [0.1, 0.15) is 10.4 Å². The van der Waals surface area contributed by atoms with Gasteiger partial charge in [-0.3, -0.25) is 20.4 Å². The maximum absolute atomic E-state index is 12.2. The Balaban J connectivity index is 1.81. The molecule has 0 saturated carbocycles. The highest BCUT2D eigenvalue weighted by Crippen LogP contribution is 2.32. The third-order valence-corrected chi connectivity index (χ3v) is 6.86. The molecule has 0 fully saturated rings. The molecule has 1 unspecified atom stereocenters. The fourth-order valence-electron chi connectivity index (χ4n) is 2.55. The summed E-state index contributed by atoms with van der Waals surface area (Å²) in [5, 5.41) is 0.590. The van der Waals surface area contributed by atoms with Crippen LogP contribution < -0.4 is 20.9 Å². The molecule has 0 aliphatic carbocycles. The van der Waals surface area contributed by atoms with Crippen molar-refractivity contribution in [2.45, 2.75) is 0 Å². The van der Waals surface area contributed by atoms with Crippen LogP contribution in [-0.4, -0.2) is 25.1 Å². The largest absolute Gasteiger partial charge is 0.420 e. The van der Waals surface area contributed by atoms with Crippen LogP contribution in [0, 0.1) is 0 Å². The minimum atomic E-state index is -4.15. The van der Waals surface area contributed by atoms with Crippen molar-refractivity contribution < 1.29 is 26.3 Å². The molecule has 168 valence electrons. The van der Waals surface area contributed by atoms with Gasteiger partial charge in [-0.2, -0.15) is 12.4 Å². The van der Waals surface area contributed by atoms with E-state index in [-0.39, 0.29) is 5.02 Å². The van der Waals surface area contributed by atoms with Gasteiger partial charge in [-0.05, 0) is 30.3 Å². The number of halogens is 1. The highest BCUT2D eigenvalue weighted by molar-refractivity contribution is 7.89. The highest BCUT2D eigenvalue weighted by Gasteiger charge is 2.17. The van der Waals surface area contributed by atoms with Crippen molar-refractivity contribution in [3.8, 4) is 5.75 Å². The van der Waals surface area contributed by atoms with Gasteiger partial charge in [0.15, 0.2) is 5.75 Å². The van der Waals surface area contributed by atoms with Crippen molar-refractivity contribution in [3.63, 3.8) is 0 Å². The van der Waals surface area contributed by atoms with E-state index >= 15 is 0 Å². The fraction of sp³-hybridized carbons (Fsp3) is 0.0526. The number of carbonyl (C=O) groups excluding carboxylic acids is 1. The maximum atomic E-state index is 12.2. The van der Waals surface area contributed by atoms with Crippen LogP contribution in [0.25, 0.3) is 10.9 Å². The normalized spacial score (nSPS) is 12.2. The molecular formula is C19H17ClN3O7PS. The van der Waals surface area contributed by atoms with Gasteiger partial charge in [0.2, 0.25) is 0 Å². The Kier molecular flexibility index (Phi) is 7.37. The number of hydrazine groups is 1. The van der Waals surface area contributed by atoms with Gasteiger partial charge in [0.05, 0.1) is 22.0 Å². The lowest BCUT2D eigenvalue weighted by molar-refractivity contribution is 0.0962. The molecule has 2 aromatic carbocycles. The molecule has 1 heterocycles. The number of fused-ring (bicyclic) bond motifs is 1. The van der Waals surface area contributed by atoms with Crippen LogP contribution in [0.3, 0.4) is 0 Å². The number of rotatable bonds is 9. The SMILES string of the molecule is C=CCS(=O)(=O)O[PH](=O)Oc1cc2cc(NNC(=O)c3ccccc3)c(Cl)cc2[nH]c1=O. The summed E-state index contributed by atoms with van der Waals surface area (Å²) in [6.45, 7) is 3.26. The molecule has 0 aliphatic heterocycles. The lowest BCUT2D eigenvalue weighted by Gasteiger charge is -2.12. The number of carbonyl (C=O) groups is 1. The average Bonchev–Trinajstić information content (AvgIpc) is 2.73. The molecule has 0 radical (unpaired) electrons. The first-order valence-electron chi connectivity index (χ1n) is 8.91. The summed E-state index contributed by atoms with van der Waals surface area (Å²) in [6.07, 6.45) is 1.06. The first kappa shape index (κ1) is 23.6. The summed E-state index contributed by atoms with van der Waals surface area (Å²) >= 11 is 6.20. The molecule has 32 heavy (non-hydrogen) atoms. The van der Waals surface area contributed by atoms with Crippen molar-refractivity contribution in [2.75, 3.05) is 11.2 Å².